The van der Waals surface area contributed by atoms with Crippen molar-refractivity contribution in [3.63, 3.8) is 0 Å². The Morgan fingerprint density at radius 1 is 1.38 bits per heavy atom. The quantitative estimate of drug-likeness (QED) is 0.704. The molecule has 1 aromatic heterocycles. The highest BCUT2D eigenvalue weighted by atomic mass is 35.5. The van der Waals surface area contributed by atoms with Gasteiger partial charge in [-0.25, -0.2) is 9.37 Å². The van der Waals surface area contributed by atoms with E-state index in [1.165, 1.54) is 17.4 Å². The molecule has 1 fully saturated rings. The van der Waals surface area contributed by atoms with Crippen LogP contribution < -0.4 is 5.32 Å². The number of hydrogen-bond donors (Lipinski definition) is 1. The summed E-state index contributed by atoms with van der Waals surface area (Å²) in [6.07, 6.45) is 0.813. The van der Waals surface area contributed by atoms with Gasteiger partial charge in [0.15, 0.2) is 5.13 Å². The predicted molar refractivity (Wildman–Crippen MR) is 104 cm³/mol. The molecule has 0 bridgehead atoms. The molecule has 1 N–H and O–H groups in total. The topological polar surface area (TPSA) is 45.2 Å². The minimum atomic E-state index is -0.316. The molecule has 0 aliphatic carbocycles. The number of anilines is 1. The van der Waals surface area contributed by atoms with E-state index in [2.05, 4.69) is 10.3 Å². The molecule has 1 aliphatic rings. The number of benzene rings is 2. The number of fused-ring (bicyclic) bond motifs is 1. The lowest BCUT2D eigenvalue weighted by molar-refractivity contribution is 0.0791. The van der Waals surface area contributed by atoms with Crippen molar-refractivity contribution in [3.8, 4) is 0 Å². The van der Waals surface area contributed by atoms with Crippen molar-refractivity contribution in [2.24, 2.45) is 0 Å². The zero-order valence-corrected chi connectivity index (χ0v) is 15.7. The first-order valence-corrected chi connectivity index (χ1v) is 9.58. The number of aryl methyl sites for hydroxylation is 1. The highest BCUT2D eigenvalue weighted by Crippen LogP contribution is 2.29. The number of hydrogen-bond acceptors (Lipinski definition) is 4. The van der Waals surface area contributed by atoms with Crippen LogP contribution in [0.3, 0.4) is 0 Å². The van der Waals surface area contributed by atoms with Crippen molar-refractivity contribution >= 4 is 44.2 Å². The molecule has 3 aromatic rings. The van der Waals surface area contributed by atoms with Gasteiger partial charge in [0.2, 0.25) is 0 Å². The molecule has 1 aliphatic heterocycles. The average Bonchev–Trinajstić information content (AvgIpc) is 3.24. The van der Waals surface area contributed by atoms with Crippen LogP contribution in [0.2, 0.25) is 5.02 Å². The van der Waals surface area contributed by atoms with Crippen molar-refractivity contribution in [1.29, 1.82) is 0 Å². The summed E-state index contributed by atoms with van der Waals surface area (Å²) in [5, 5.41) is 4.48. The molecule has 7 heteroatoms. The Morgan fingerprint density at radius 2 is 2.23 bits per heavy atom. The molecular formula is C19H17ClFN3OS. The van der Waals surface area contributed by atoms with Gasteiger partial charge < -0.3 is 10.2 Å². The number of likely N-dealkylation sites (tertiary alicyclic amines) is 1. The maximum Gasteiger partial charge on any atom is 0.255 e. The normalized spacial score (nSPS) is 17.0. The van der Waals surface area contributed by atoms with Gasteiger partial charge in [-0.2, -0.15) is 0 Å². The Hall–Kier alpha value is -2.18. The van der Waals surface area contributed by atoms with Gasteiger partial charge >= 0.3 is 0 Å². The number of aromatic nitrogens is 1. The Bertz CT molecular complexity index is 990. The van der Waals surface area contributed by atoms with Crippen LogP contribution in [0, 0.1) is 12.7 Å². The van der Waals surface area contributed by atoms with Crippen molar-refractivity contribution in [2.75, 3.05) is 18.4 Å². The summed E-state index contributed by atoms with van der Waals surface area (Å²) in [5.41, 5.74) is 1.93. The third-order valence-electron chi connectivity index (χ3n) is 4.53. The fourth-order valence-electron chi connectivity index (χ4n) is 3.19. The molecule has 1 saturated heterocycles. The molecular weight excluding hydrogens is 373 g/mol. The molecule has 4 rings (SSSR count). The smallest absolute Gasteiger partial charge is 0.255 e. The Morgan fingerprint density at radius 3 is 3.04 bits per heavy atom. The highest BCUT2D eigenvalue weighted by molar-refractivity contribution is 7.22. The average molecular weight is 390 g/mol. The minimum Gasteiger partial charge on any atom is -0.357 e. The number of amides is 1. The second-order valence-electron chi connectivity index (χ2n) is 6.47. The van der Waals surface area contributed by atoms with Crippen LogP contribution in [-0.4, -0.2) is 34.9 Å². The summed E-state index contributed by atoms with van der Waals surface area (Å²) >= 11 is 7.61. The van der Waals surface area contributed by atoms with E-state index in [0.717, 1.165) is 16.7 Å². The third-order valence-corrected chi connectivity index (χ3v) is 5.81. The van der Waals surface area contributed by atoms with E-state index in [4.69, 9.17) is 11.6 Å². The first-order chi connectivity index (χ1) is 12.5. The second kappa shape index (κ2) is 6.85. The van der Waals surface area contributed by atoms with Crippen LogP contribution in [0.4, 0.5) is 9.52 Å². The lowest BCUT2D eigenvalue weighted by Crippen LogP contribution is -2.31. The molecule has 0 saturated carbocycles. The van der Waals surface area contributed by atoms with Crippen LogP contribution in [0.5, 0.6) is 0 Å². The van der Waals surface area contributed by atoms with E-state index >= 15 is 0 Å². The zero-order chi connectivity index (χ0) is 18.3. The molecule has 2 heterocycles. The van der Waals surface area contributed by atoms with Crippen molar-refractivity contribution in [2.45, 2.75) is 19.4 Å². The maximum absolute atomic E-state index is 13.8. The van der Waals surface area contributed by atoms with Crippen LogP contribution >= 0.6 is 22.9 Å². The number of carbonyl (C=O) groups excluding carboxylic acids is 1. The number of halogens is 2. The van der Waals surface area contributed by atoms with Gasteiger partial charge in [-0.1, -0.05) is 40.6 Å². The zero-order valence-electron chi connectivity index (χ0n) is 14.1. The summed E-state index contributed by atoms with van der Waals surface area (Å²) in [4.78, 5) is 18.9. The number of nitrogens with zero attached hydrogens (tertiary/aromatic N) is 2. The molecule has 0 spiro atoms. The third kappa shape index (κ3) is 3.27. The number of thiazole rings is 1. The van der Waals surface area contributed by atoms with Gasteiger partial charge in [-0.3, -0.25) is 4.79 Å². The van der Waals surface area contributed by atoms with Crippen molar-refractivity contribution in [3.05, 3.63) is 58.4 Å². The van der Waals surface area contributed by atoms with Gasteiger partial charge in [0.1, 0.15) is 11.3 Å². The van der Waals surface area contributed by atoms with Crippen molar-refractivity contribution in [1.82, 2.24) is 9.88 Å². The van der Waals surface area contributed by atoms with Crippen LogP contribution in [0.25, 0.3) is 10.2 Å². The van der Waals surface area contributed by atoms with Gasteiger partial charge in [0.25, 0.3) is 5.91 Å². The standard InChI is InChI=1S/C19H17ClFN3OS/c1-11-5-6-14(20)13(9-11)18(25)24-8-7-12(10-24)22-19-23-17-15(21)3-2-4-16(17)26-19/h2-6,9,12H,7-8,10H2,1H3,(H,22,23)/t12-/m1/s1. The molecule has 4 nitrogen and oxygen atoms in total. The molecule has 1 amide bonds. The molecule has 2 aromatic carbocycles. The van der Waals surface area contributed by atoms with Gasteiger partial charge in [-0.15, -0.1) is 0 Å². The molecule has 0 unspecified atom stereocenters. The van der Waals surface area contributed by atoms with Crippen LogP contribution in [-0.2, 0) is 0 Å². The lowest BCUT2D eigenvalue weighted by Gasteiger charge is -2.18. The van der Waals surface area contributed by atoms with Crippen molar-refractivity contribution < 1.29 is 9.18 Å². The number of nitrogens with one attached hydrogen (secondary N) is 1. The number of rotatable bonds is 3. The monoisotopic (exact) mass is 389 g/mol. The second-order valence-corrected chi connectivity index (χ2v) is 7.91. The van der Waals surface area contributed by atoms with Gasteiger partial charge in [-0.05, 0) is 37.6 Å². The Balaban J connectivity index is 1.47. The SMILES string of the molecule is Cc1ccc(Cl)c(C(=O)N2CC[C@@H](Nc3nc4c(F)cccc4s3)C2)c1. The highest BCUT2D eigenvalue weighted by Gasteiger charge is 2.28. The lowest BCUT2D eigenvalue weighted by atomic mass is 10.1. The van der Waals surface area contributed by atoms with E-state index in [1.54, 1.807) is 17.0 Å². The Labute approximate surface area is 159 Å². The largest absolute Gasteiger partial charge is 0.357 e. The van der Waals surface area contributed by atoms with Gasteiger partial charge in [0, 0.05) is 19.1 Å². The Kier molecular flexibility index (Phi) is 4.54. The first-order valence-electron chi connectivity index (χ1n) is 8.38. The summed E-state index contributed by atoms with van der Waals surface area (Å²) in [6.45, 7) is 3.16. The summed E-state index contributed by atoms with van der Waals surface area (Å²) in [5.74, 6) is -0.373. The van der Waals surface area contributed by atoms with Crippen LogP contribution in [0.1, 0.15) is 22.3 Å². The maximum atomic E-state index is 13.8. The summed E-state index contributed by atoms with van der Waals surface area (Å²) in [6, 6.07) is 10.5. The molecule has 1 atom stereocenters. The summed E-state index contributed by atoms with van der Waals surface area (Å²) in [7, 11) is 0. The van der Waals surface area contributed by atoms with E-state index in [1.807, 2.05) is 25.1 Å². The molecule has 0 radical (unpaired) electrons. The number of carbonyl (C=O) groups is 1. The molecule has 134 valence electrons. The fourth-order valence-corrected chi connectivity index (χ4v) is 4.34. The van der Waals surface area contributed by atoms with E-state index < -0.39 is 0 Å². The predicted octanol–water partition coefficient (Wildman–Crippen LogP) is 4.72. The van der Waals surface area contributed by atoms with Gasteiger partial charge in [0.05, 0.1) is 15.3 Å². The minimum absolute atomic E-state index is 0.0571. The number of para-hydroxylation sites is 1. The fraction of sp³-hybridized carbons (Fsp3) is 0.263. The van der Waals surface area contributed by atoms with E-state index in [-0.39, 0.29) is 17.8 Å². The molecule has 26 heavy (non-hydrogen) atoms. The van der Waals surface area contributed by atoms with E-state index in [0.29, 0.717) is 34.3 Å². The first kappa shape index (κ1) is 17.2. The summed E-state index contributed by atoms with van der Waals surface area (Å²) < 4.78 is 14.6. The van der Waals surface area contributed by atoms with Crippen LogP contribution in [0.15, 0.2) is 36.4 Å². The van der Waals surface area contributed by atoms with E-state index in [9.17, 15) is 9.18 Å².